The molecule has 4 aliphatic carbocycles. The zero-order chi connectivity index (χ0) is 15.1. The third kappa shape index (κ3) is 1.35. The fourth-order valence-corrected chi connectivity index (χ4v) is 4.38. The Bertz CT molecular complexity index is 565. The molecule has 0 aromatic carbocycles. The fourth-order valence-electron chi connectivity index (χ4n) is 4.38. The van der Waals surface area contributed by atoms with Gasteiger partial charge in [0, 0.05) is 5.92 Å². The largest absolute Gasteiger partial charge is 0.290 e. The van der Waals surface area contributed by atoms with Gasteiger partial charge < -0.3 is 0 Å². The van der Waals surface area contributed by atoms with Crippen LogP contribution in [0.3, 0.4) is 0 Å². The minimum atomic E-state index is -0.638. The highest BCUT2D eigenvalue weighted by Gasteiger charge is 2.67. The number of carbonyl (C=O) groups is 2. The van der Waals surface area contributed by atoms with E-state index in [1.807, 2.05) is 0 Å². The average molecular weight is 272 g/mol. The second-order valence-corrected chi connectivity index (χ2v) is 8.63. The smallest absolute Gasteiger partial charge is 0.210 e. The number of ketones is 2. The van der Waals surface area contributed by atoms with Crippen LogP contribution in [0.15, 0.2) is 23.8 Å². The molecule has 0 amide bonds. The highest BCUT2D eigenvalue weighted by Crippen LogP contribution is 2.65. The molecule has 0 heterocycles. The number of rotatable bonds is 0. The lowest BCUT2D eigenvalue weighted by atomic mass is 9.40. The van der Waals surface area contributed by atoms with E-state index in [1.54, 1.807) is 0 Å². The average Bonchev–Trinajstić information content (AvgIpc) is 2.22. The Hall–Kier alpha value is -1.18. The predicted molar refractivity (Wildman–Crippen MR) is 79.1 cm³/mol. The summed E-state index contributed by atoms with van der Waals surface area (Å²) in [5, 5.41) is 0. The van der Waals surface area contributed by atoms with Crippen molar-refractivity contribution in [2.24, 2.45) is 34.0 Å². The van der Waals surface area contributed by atoms with Gasteiger partial charge in [-0.2, -0.15) is 0 Å². The SMILES string of the molecule is CC(C)(C)C1=CC2(C(C)(C)C)C(=O)C(=O)C1C1C=CC12. The van der Waals surface area contributed by atoms with Crippen LogP contribution in [0, 0.1) is 34.0 Å². The molecule has 4 atom stereocenters. The van der Waals surface area contributed by atoms with Gasteiger partial charge in [0.1, 0.15) is 0 Å². The Balaban J connectivity index is 2.30. The van der Waals surface area contributed by atoms with Gasteiger partial charge in [-0.1, -0.05) is 65.3 Å². The summed E-state index contributed by atoms with van der Waals surface area (Å²) in [4.78, 5) is 25.5. The number of Topliss-reactive ketones (excluding diaryl/α,β-unsaturated/α-hetero) is 2. The summed E-state index contributed by atoms with van der Waals surface area (Å²) in [5.41, 5.74) is 0.227. The van der Waals surface area contributed by atoms with Gasteiger partial charge in [-0.3, -0.25) is 9.59 Å². The Morgan fingerprint density at radius 1 is 1.00 bits per heavy atom. The van der Waals surface area contributed by atoms with Gasteiger partial charge in [0.15, 0.2) is 0 Å². The maximum Gasteiger partial charge on any atom is 0.210 e. The van der Waals surface area contributed by atoms with E-state index in [0.717, 1.165) is 0 Å². The van der Waals surface area contributed by atoms with Crippen molar-refractivity contribution in [3.05, 3.63) is 23.8 Å². The zero-order valence-electron chi connectivity index (χ0n) is 13.3. The summed E-state index contributed by atoms with van der Waals surface area (Å²) in [6.45, 7) is 12.7. The van der Waals surface area contributed by atoms with Crippen molar-refractivity contribution < 1.29 is 9.59 Å². The lowest BCUT2D eigenvalue weighted by Gasteiger charge is -2.61. The Labute approximate surface area is 121 Å². The Morgan fingerprint density at radius 3 is 2.00 bits per heavy atom. The van der Waals surface area contributed by atoms with Crippen molar-refractivity contribution in [2.75, 3.05) is 0 Å². The quantitative estimate of drug-likeness (QED) is 0.499. The highest BCUT2D eigenvalue weighted by molar-refractivity contribution is 6.43. The first kappa shape index (κ1) is 13.8. The van der Waals surface area contributed by atoms with Crippen molar-refractivity contribution >= 4 is 11.6 Å². The van der Waals surface area contributed by atoms with Crippen LogP contribution < -0.4 is 0 Å². The molecule has 4 aliphatic rings. The van der Waals surface area contributed by atoms with Gasteiger partial charge in [-0.15, -0.1) is 0 Å². The minimum absolute atomic E-state index is 0.0636. The van der Waals surface area contributed by atoms with Crippen LogP contribution in [-0.4, -0.2) is 11.6 Å². The van der Waals surface area contributed by atoms with Crippen LogP contribution >= 0.6 is 0 Å². The van der Waals surface area contributed by atoms with E-state index >= 15 is 0 Å². The zero-order valence-corrected chi connectivity index (χ0v) is 13.3. The van der Waals surface area contributed by atoms with Crippen molar-refractivity contribution in [3.63, 3.8) is 0 Å². The molecule has 4 unspecified atom stereocenters. The van der Waals surface area contributed by atoms with E-state index in [2.05, 4.69) is 59.8 Å². The van der Waals surface area contributed by atoms with E-state index in [0.29, 0.717) is 0 Å². The maximum absolute atomic E-state index is 12.8. The molecule has 0 N–H and O–H groups in total. The fraction of sp³-hybridized carbons (Fsp3) is 0.667. The van der Waals surface area contributed by atoms with E-state index in [1.165, 1.54) is 5.57 Å². The molecule has 1 fully saturated rings. The number of hydrogen-bond donors (Lipinski definition) is 0. The van der Waals surface area contributed by atoms with E-state index in [-0.39, 0.29) is 40.2 Å². The highest BCUT2D eigenvalue weighted by atomic mass is 16.2. The van der Waals surface area contributed by atoms with Gasteiger partial charge in [0.05, 0.1) is 11.3 Å². The first-order valence-corrected chi connectivity index (χ1v) is 7.52. The standard InChI is InChI=1S/C18H24O2/c1-16(2,3)12-9-18(17(4,5)6)11-8-7-10(11)13(12)14(19)15(18)20/h7-11,13H,1-6H3. The second-order valence-electron chi connectivity index (χ2n) is 8.63. The maximum atomic E-state index is 12.8. The molecule has 0 aliphatic heterocycles. The summed E-state index contributed by atoms with van der Waals surface area (Å²) in [6.07, 6.45) is 6.45. The van der Waals surface area contributed by atoms with Crippen LogP contribution in [0.5, 0.6) is 0 Å². The summed E-state index contributed by atoms with van der Waals surface area (Å²) in [7, 11) is 0. The summed E-state index contributed by atoms with van der Waals surface area (Å²) in [5.74, 6) is -0.0734. The summed E-state index contributed by atoms with van der Waals surface area (Å²) in [6, 6.07) is 0. The molecular weight excluding hydrogens is 248 g/mol. The molecule has 0 aromatic heterocycles. The first-order valence-electron chi connectivity index (χ1n) is 7.52. The van der Waals surface area contributed by atoms with Gasteiger partial charge >= 0.3 is 0 Å². The van der Waals surface area contributed by atoms with Crippen LogP contribution in [0.25, 0.3) is 0 Å². The Morgan fingerprint density at radius 2 is 1.60 bits per heavy atom. The molecule has 0 aromatic rings. The molecule has 2 bridgehead atoms. The molecular formula is C18H24O2. The Kier molecular flexibility index (Phi) is 2.43. The van der Waals surface area contributed by atoms with Crippen molar-refractivity contribution in [1.82, 2.24) is 0 Å². The third-order valence-corrected chi connectivity index (χ3v) is 5.57. The van der Waals surface area contributed by atoms with E-state index in [9.17, 15) is 9.59 Å². The molecule has 20 heavy (non-hydrogen) atoms. The van der Waals surface area contributed by atoms with Crippen LogP contribution in [0.2, 0.25) is 0 Å². The number of allylic oxidation sites excluding steroid dienone is 4. The summed E-state index contributed by atoms with van der Waals surface area (Å²) >= 11 is 0. The molecule has 0 radical (unpaired) electrons. The van der Waals surface area contributed by atoms with Crippen molar-refractivity contribution in [3.8, 4) is 0 Å². The third-order valence-electron chi connectivity index (χ3n) is 5.57. The second kappa shape index (κ2) is 3.52. The number of hydrogen-bond acceptors (Lipinski definition) is 2. The molecule has 0 spiro atoms. The molecule has 4 rings (SSSR count). The van der Waals surface area contributed by atoms with Gasteiger partial charge in [0.2, 0.25) is 11.6 Å². The lowest BCUT2D eigenvalue weighted by Crippen LogP contribution is -2.65. The van der Waals surface area contributed by atoms with E-state index < -0.39 is 5.41 Å². The molecule has 2 nitrogen and oxygen atoms in total. The van der Waals surface area contributed by atoms with Gasteiger partial charge in [-0.25, -0.2) is 0 Å². The van der Waals surface area contributed by atoms with E-state index in [4.69, 9.17) is 0 Å². The molecule has 108 valence electrons. The summed E-state index contributed by atoms with van der Waals surface area (Å²) < 4.78 is 0. The lowest BCUT2D eigenvalue weighted by molar-refractivity contribution is -0.158. The topological polar surface area (TPSA) is 34.1 Å². The molecule has 0 saturated heterocycles. The normalized spacial score (nSPS) is 39.5. The monoisotopic (exact) mass is 272 g/mol. The first-order chi connectivity index (χ1) is 9.02. The van der Waals surface area contributed by atoms with Crippen LogP contribution in [-0.2, 0) is 9.59 Å². The van der Waals surface area contributed by atoms with Crippen molar-refractivity contribution in [1.29, 1.82) is 0 Å². The molecule has 1 saturated carbocycles. The predicted octanol–water partition coefficient (Wildman–Crippen LogP) is 3.58. The minimum Gasteiger partial charge on any atom is -0.290 e. The molecule has 2 heteroatoms. The van der Waals surface area contributed by atoms with Crippen LogP contribution in [0.4, 0.5) is 0 Å². The van der Waals surface area contributed by atoms with Crippen LogP contribution in [0.1, 0.15) is 41.5 Å². The number of carbonyl (C=O) groups excluding carboxylic acids is 2. The van der Waals surface area contributed by atoms with Gasteiger partial charge in [0.25, 0.3) is 0 Å². The van der Waals surface area contributed by atoms with Gasteiger partial charge in [-0.05, 0) is 16.7 Å². The number of fused-ring (bicyclic) bond motifs is 1. The van der Waals surface area contributed by atoms with Crippen molar-refractivity contribution in [2.45, 2.75) is 41.5 Å².